The molecule has 1 aromatic heterocycles. The molecule has 1 aromatic carbocycles. The number of aromatic nitrogens is 1. The lowest BCUT2D eigenvalue weighted by atomic mass is 10.2. The molecule has 0 saturated heterocycles. The number of hydrogen-bond acceptors (Lipinski definition) is 4. The summed E-state index contributed by atoms with van der Waals surface area (Å²) in [6.07, 6.45) is 0. The minimum atomic E-state index is -0.428. The monoisotopic (exact) mass is 358 g/mol. The van der Waals surface area contributed by atoms with Crippen LogP contribution in [0.3, 0.4) is 0 Å². The Morgan fingerprint density at radius 1 is 1.19 bits per heavy atom. The van der Waals surface area contributed by atoms with Crippen molar-refractivity contribution in [3.05, 3.63) is 47.3 Å². The lowest BCUT2D eigenvalue weighted by Crippen LogP contribution is -2.15. The maximum Gasteiger partial charge on any atom is 0.344 e. The van der Waals surface area contributed by atoms with Crippen molar-refractivity contribution in [1.82, 2.24) is 4.57 Å². The SMILES string of the molecule is CCOC(=O)COc1cccc(NC(=O)c2cc(C)n(C(C)C)c2C)c1. The second-order valence-corrected chi connectivity index (χ2v) is 6.32. The zero-order chi connectivity index (χ0) is 19.3. The highest BCUT2D eigenvalue weighted by molar-refractivity contribution is 6.05. The Bertz CT molecular complexity index is 793. The van der Waals surface area contributed by atoms with Gasteiger partial charge in [-0.25, -0.2) is 4.79 Å². The summed E-state index contributed by atoms with van der Waals surface area (Å²) < 4.78 is 12.4. The summed E-state index contributed by atoms with van der Waals surface area (Å²) in [7, 11) is 0. The van der Waals surface area contributed by atoms with Gasteiger partial charge in [0.15, 0.2) is 6.61 Å². The average molecular weight is 358 g/mol. The number of benzene rings is 1. The highest BCUT2D eigenvalue weighted by atomic mass is 16.6. The fraction of sp³-hybridized carbons (Fsp3) is 0.400. The number of carbonyl (C=O) groups is 2. The molecular weight excluding hydrogens is 332 g/mol. The van der Waals surface area contributed by atoms with Crippen LogP contribution in [-0.2, 0) is 9.53 Å². The Balaban J connectivity index is 2.09. The number of rotatable bonds is 7. The molecule has 0 aliphatic rings. The van der Waals surface area contributed by atoms with Crippen molar-refractivity contribution in [3.63, 3.8) is 0 Å². The molecule has 0 radical (unpaired) electrons. The van der Waals surface area contributed by atoms with Gasteiger partial charge in [-0.1, -0.05) is 6.07 Å². The Hall–Kier alpha value is -2.76. The number of aryl methyl sites for hydroxylation is 1. The van der Waals surface area contributed by atoms with Gasteiger partial charge in [0, 0.05) is 29.2 Å². The van der Waals surface area contributed by atoms with Crippen LogP contribution in [0.5, 0.6) is 5.75 Å². The second-order valence-electron chi connectivity index (χ2n) is 6.32. The van der Waals surface area contributed by atoms with Crippen LogP contribution in [0.1, 0.15) is 48.6 Å². The number of nitrogens with zero attached hydrogens (tertiary/aromatic N) is 1. The molecule has 0 spiro atoms. The molecule has 0 aliphatic carbocycles. The van der Waals surface area contributed by atoms with E-state index in [2.05, 4.69) is 23.7 Å². The molecule has 2 rings (SSSR count). The topological polar surface area (TPSA) is 69.6 Å². The molecule has 2 aromatic rings. The Labute approximate surface area is 154 Å². The first-order valence-corrected chi connectivity index (χ1v) is 8.71. The summed E-state index contributed by atoms with van der Waals surface area (Å²) in [5.74, 6) is -0.112. The highest BCUT2D eigenvalue weighted by Crippen LogP contribution is 2.22. The smallest absolute Gasteiger partial charge is 0.344 e. The summed E-state index contributed by atoms with van der Waals surface area (Å²) in [6.45, 7) is 10.0. The van der Waals surface area contributed by atoms with Crippen LogP contribution in [0.2, 0.25) is 0 Å². The van der Waals surface area contributed by atoms with Crippen molar-refractivity contribution in [3.8, 4) is 5.75 Å². The Kier molecular flexibility index (Phi) is 6.44. The molecule has 26 heavy (non-hydrogen) atoms. The van der Waals surface area contributed by atoms with E-state index in [1.54, 1.807) is 31.2 Å². The molecule has 0 unspecified atom stereocenters. The maximum absolute atomic E-state index is 12.6. The normalized spacial score (nSPS) is 10.7. The van der Waals surface area contributed by atoms with E-state index in [4.69, 9.17) is 9.47 Å². The number of amides is 1. The van der Waals surface area contributed by atoms with Crippen molar-refractivity contribution < 1.29 is 19.1 Å². The molecule has 0 saturated carbocycles. The number of ether oxygens (including phenoxy) is 2. The summed E-state index contributed by atoms with van der Waals surface area (Å²) in [4.78, 5) is 24.0. The van der Waals surface area contributed by atoms with Crippen molar-refractivity contribution in [1.29, 1.82) is 0 Å². The van der Waals surface area contributed by atoms with E-state index < -0.39 is 5.97 Å². The molecule has 6 heteroatoms. The van der Waals surface area contributed by atoms with Crippen LogP contribution >= 0.6 is 0 Å². The molecule has 6 nitrogen and oxygen atoms in total. The zero-order valence-electron chi connectivity index (χ0n) is 16.0. The molecule has 1 amide bonds. The van der Waals surface area contributed by atoms with Gasteiger partial charge in [0.1, 0.15) is 5.75 Å². The zero-order valence-corrected chi connectivity index (χ0v) is 16.0. The van der Waals surface area contributed by atoms with Gasteiger partial charge in [-0.05, 0) is 52.8 Å². The van der Waals surface area contributed by atoms with E-state index in [0.717, 1.165) is 11.4 Å². The molecule has 1 heterocycles. The maximum atomic E-state index is 12.6. The number of hydrogen-bond donors (Lipinski definition) is 1. The molecule has 0 aliphatic heterocycles. The van der Waals surface area contributed by atoms with Crippen LogP contribution in [-0.4, -0.2) is 29.7 Å². The first-order chi connectivity index (χ1) is 12.3. The van der Waals surface area contributed by atoms with Crippen LogP contribution in [0.25, 0.3) is 0 Å². The van der Waals surface area contributed by atoms with Gasteiger partial charge in [0.2, 0.25) is 0 Å². The van der Waals surface area contributed by atoms with Crippen LogP contribution in [0, 0.1) is 13.8 Å². The highest BCUT2D eigenvalue weighted by Gasteiger charge is 2.17. The number of carbonyl (C=O) groups excluding carboxylic acids is 2. The predicted molar refractivity (Wildman–Crippen MR) is 101 cm³/mol. The third kappa shape index (κ3) is 4.65. The lowest BCUT2D eigenvalue weighted by Gasteiger charge is -2.14. The molecule has 0 fully saturated rings. The third-order valence-electron chi connectivity index (χ3n) is 4.00. The number of nitrogens with one attached hydrogen (secondary N) is 1. The Morgan fingerprint density at radius 3 is 2.54 bits per heavy atom. The van der Waals surface area contributed by atoms with Gasteiger partial charge in [-0.2, -0.15) is 0 Å². The largest absolute Gasteiger partial charge is 0.482 e. The molecule has 0 bridgehead atoms. The van der Waals surface area contributed by atoms with Gasteiger partial charge in [-0.3, -0.25) is 4.79 Å². The summed E-state index contributed by atoms with van der Waals surface area (Å²) >= 11 is 0. The summed E-state index contributed by atoms with van der Waals surface area (Å²) in [6, 6.07) is 9.12. The van der Waals surface area contributed by atoms with Crippen molar-refractivity contribution in [2.45, 2.75) is 40.7 Å². The quantitative estimate of drug-likeness (QED) is 0.763. The van der Waals surface area contributed by atoms with Gasteiger partial charge in [0.05, 0.1) is 12.2 Å². The van der Waals surface area contributed by atoms with Gasteiger partial charge < -0.3 is 19.4 Å². The molecule has 0 atom stereocenters. The minimum absolute atomic E-state index is 0.166. The number of anilines is 1. The first-order valence-electron chi connectivity index (χ1n) is 8.71. The van der Waals surface area contributed by atoms with Crippen LogP contribution < -0.4 is 10.1 Å². The van der Waals surface area contributed by atoms with E-state index in [1.165, 1.54) is 0 Å². The standard InChI is InChI=1S/C20H26N2O4/c1-6-25-19(23)12-26-17-9-7-8-16(11-17)21-20(24)18-10-14(4)22(13(2)3)15(18)5/h7-11,13H,6,12H2,1-5H3,(H,21,24). The van der Waals surface area contributed by atoms with Gasteiger partial charge in [0.25, 0.3) is 5.91 Å². The van der Waals surface area contributed by atoms with Crippen molar-refractivity contribution in [2.75, 3.05) is 18.5 Å². The van der Waals surface area contributed by atoms with E-state index in [0.29, 0.717) is 23.6 Å². The third-order valence-corrected chi connectivity index (χ3v) is 4.00. The van der Waals surface area contributed by atoms with Gasteiger partial charge in [-0.15, -0.1) is 0 Å². The van der Waals surface area contributed by atoms with Crippen molar-refractivity contribution in [2.24, 2.45) is 0 Å². The average Bonchev–Trinajstić information content (AvgIpc) is 2.88. The van der Waals surface area contributed by atoms with E-state index in [1.807, 2.05) is 19.9 Å². The van der Waals surface area contributed by atoms with E-state index >= 15 is 0 Å². The summed E-state index contributed by atoms with van der Waals surface area (Å²) in [5, 5.41) is 2.88. The van der Waals surface area contributed by atoms with E-state index in [-0.39, 0.29) is 18.6 Å². The van der Waals surface area contributed by atoms with Crippen LogP contribution in [0.15, 0.2) is 30.3 Å². The fourth-order valence-corrected chi connectivity index (χ4v) is 3.01. The summed E-state index contributed by atoms with van der Waals surface area (Å²) in [5.41, 5.74) is 3.23. The lowest BCUT2D eigenvalue weighted by molar-refractivity contribution is -0.145. The predicted octanol–water partition coefficient (Wildman–Crippen LogP) is 3.88. The number of esters is 1. The second kappa shape index (κ2) is 8.56. The minimum Gasteiger partial charge on any atom is -0.482 e. The first kappa shape index (κ1) is 19.6. The van der Waals surface area contributed by atoms with E-state index in [9.17, 15) is 9.59 Å². The molecule has 140 valence electrons. The molecule has 1 N–H and O–H groups in total. The van der Waals surface area contributed by atoms with Crippen molar-refractivity contribution >= 4 is 17.6 Å². The van der Waals surface area contributed by atoms with Crippen LogP contribution in [0.4, 0.5) is 5.69 Å². The molecular formula is C20H26N2O4. The Morgan fingerprint density at radius 2 is 1.92 bits per heavy atom. The van der Waals surface area contributed by atoms with Gasteiger partial charge >= 0.3 is 5.97 Å². The fourth-order valence-electron chi connectivity index (χ4n) is 3.01.